The maximum Gasteiger partial charge on any atom is 0.321 e. The number of nitrogens with zero attached hydrogens (tertiary/aromatic N) is 2. The Kier molecular flexibility index (Phi) is 16.8. The Bertz CT molecular complexity index is 1420. The molecule has 0 bridgehead atoms. The molecule has 2 aliphatic heterocycles. The van der Waals surface area contributed by atoms with Crippen LogP contribution in [0.15, 0.2) is 36.4 Å². The van der Waals surface area contributed by atoms with E-state index in [2.05, 4.69) is 10.6 Å². The van der Waals surface area contributed by atoms with E-state index >= 15 is 0 Å². The van der Waals surface area contributed by atoms with Crippen molar-refractivity contribution in [2.45, 2.75) is 64.2 Å². The average Bonchev–Trinajstić information content (AvgIpc) is 3.13. The molecule has 2 aromatic rings. The molecule has 0 atom stereocenters. The van der Waals surface area contributed by atoms with Crippen molar-refractivity contribution in [3.8, 4) is 11.5 Å². The molecule has 0 aliphatic carbocycles. The van der Waals surface area contributed by atoms with Gasteiger partial charge in [0.2, 0.25) is 11.8 Å². The number of piperidine rings is 2. The van der Waals surface area contributed by atoms with E-state index in [0.717, 1.165) is 51.0 Å². The summed E-state index contributed by atoms with van der Waals surface area (Å²) in [5.74, 6) is 0.874. The van der Waals surface area contributed by atoms with Crippen molar-refractivity contribution < 1.29 is 43.5 Å². The quantitative estimate of drug-likeness (QED) is 0.114. The van der Waals surface area contributed by atoms with Crippen LogP contribution in [0.4, 0.5) is 25.4 Å². The van der Waals surface area contributed by atoms with Crippen LogP contribution in [0.2, 0.25) is 5.02 Å². The van der Waals surface area contributed by atoms with Crippen LogP contribution in [0.1, 0.15) is 64.2 Å². The Balaban J connectivity index is 0.000000271. The Morgan fingerprint density at radius 1 is 0.760 bits per heavy atom. The van der Waals surface area contributed by atoms with Crippen molar-refractivity contribution in [1.82, 2.24) is 20.8 Å². The topological polar surface area (TPSA) is 182 Å². The van der Waals surface area contributed by atoms with E-state index in [4.69, 9.17) is 31.5 Å². The molecule has 2 aliphatic rings. The van der Waals surface area contributed by atoms with Gasteiger partial charge in [-0.1, -0.05) is 11.6 Å². The Labute approximate surface area is 296 Å². The lowest BCUT2D eigenvalue weighted by Gasteiger charge is -2.32. The number of hydroxylamine groups is 2. The highest BCUT2D eigenvalue weighted by molar-refractivity contribution is 6.30. The van der Waals surface area contributed by atoms with Crippen LogP contribution in [0.5, 0.6) is 11.5 Å². The number of amides is 6. The molecule has 6 amide bonds. The maximum absolute atomic E-state index is 13.7. The third-order valence-corrected chi connectivity index (χ3v) is 9.14. The minimum Gasteiger partial charge on any atom is -0.497 e. The van der Waals surface area contributed by atoms with Gasteiger partial charge >= 0.3 is 12.1 Å². The van der Waals surface area contributed by atoms with Crippen LogP contribution < -0.4 is 31.1 Å². The highest BCUT2D eigenvalue weighted by atomic mass is 35.5. The lowest BCUT2D eigenvalue weighted by Crippen LogP contribution is -2.41. The third kappa shape index (κ3) is 13.2. The second-order valence-electron chi connectivity index (χ2n) is 12.3. The summed E-state index contributed by atoms with van der Waals surface area (Å²) in [6.45, 7) is 2.55. The van der Waals surface area contributed by atoms with Gasteiger partial charge in [-0.05, 0) is 93.5 Å². The van der Waals surface area contributed by atoms with Gasteiger partial charge in [0, 0.05) is 50.1 Å². The molecule has 6 N–H and O–H groups in total. The van der Waals surface area contributed by atoms with Crippen molar-refractivity contribution >= 4 is 46.9 Å². The second-order valence-corrected chi connectivity index (χ2v) is 12.7. The van der Waals surface area contributed by atoms with Gasteiger partial charge in [-0.2, -0.15) is 0 Å². The van der Waals surface area contributed by atoms with Crippen LogP contribution in [-0.2, 0) is 9.59 Å². The molecule has 4 rings (SSSR count). The number of carbonyl (C=O) groups excluding carboxylic acids is 4. The Morgan fingerprint density at radius 2 is 1.24 bits per heavy atom. The molecule has 2 saturated heterocycles. The van der Waals surface area contributed by atoms with E-state index < -0.39 is 5.82 Å². The first-order chi connectivity index (χ1) is 24.1. The zero-order valence-electron chi connectivity index (χ0n) is 28.5. The number of hydrogen-bond acceptors (Lipinski definition) is 8. The summed E-state index contributed by atoms with van der Waals surface area (Å²) in [7, 11) is 3.13. The summed E-state index contributed by atoms with van der Waals surface area (Å²) >= 11 is 5.69. The number of hydrogen-bond donors (Lipinski definition) is 6. The molecule has 16 heteroatoms. The van der Waals surface area contributed by atoms with E-state index in [9.17, 15) is 23.6 Å². The minimum atomic E-state index is -0.562. The molecule has 0 saturated carbocycles. The highest BCUT2D eigenvalue weighted by Crippen LogP contribution is 2.30. The van der Waals surface area contributed by atoms with Gasteiger partial charge in [0.25, 0.3) is 0 Å². The van der Waals surface area contributed by atoms with Gasteiger partial charge in [0.15, 0.2) is 0 Å². The number of urea groups is 2. The third-order valence-electron chi connectivity index (χ3n) is 8.91. The smallest absolute Gasteiger partial charge is 0.321 e. The Morgan fingerprint density at radius 3 is 1.68 bits per heavy atom. The number of likely N-dealkylation sites (tertiary alicyclic amines) is 2. The van der Waals surface area contributed by atoms with Crippen LogP contribution in [0.3, 0.4) is 0 Å². The fourth-order valence-electron chi connectivity index (χ4n) is 5.95. The molecule has 0 aromatic heterocycles. The number of benzene rings is 2. The first-order valence-electron chi connectivity index (χ1n) is 16.7. The summed E-state index contributed by atoms with van der Waals surface area (Å²) in [4.78, 5) is 50.1. The van der Waals surface area contributed by atoms with Crippen molar-refractivity contribution in [2.24, 2.45) is 11.8 Å². The van der Waals surface area contributed by atoms with Crippen molar-refractivity contribution in [3.05, 3.63) is 47.2 Å². The van der Waals surface area contributed by atoms with Gasteiger partial charge < -0.3 is 29.9 Å². The predicted molar refractivity (Wildman–Crippen MR) is 185 cm³/mol. The molecule has 0 radical (unpaired) electrons. The van der Waals surface area contributed by atoms with Gasteiger partial charge in [0.05, 0.1) is 25.6 Å². The monoisotopic (exact) mass is 722 g/mol. The van der Waals surface area contributed by atoms with Gasteiger partial charge in [-0.25, -0.2) is 24.9 Å². The fraction of sp³-hybridized carbons (Fsp3) is 0.529. The predicted octanol–water partition coefficient (Wildman–Crippen LogP) is 6.02. The minimum absolute atomic E-state index is 0.113. The molecule has 2 fully saturated rings. The number of anilines is 2. The summed E-state index contributed by atoms with van der Waals surface area (Å²) in [5.41, 5.74) is 3.98. The van der Waals surface area contributed by atoms with Crippen LogP contribution in [0, 0.1) is 17.7 Å². The van der Waals surface area contributed by atoms with E-state index in [1.54, 1.807) is 53.2 Å². The van der Waals surface area contributed by atoms with Crippen molar-refractivity contribution in [2.75, 3.05) is 51.0 Å². The van der Waals surface area contributed by atoms with Gasteiger partial charge in [-0.3, -0.25) is 20.0 Å². The first kappa shape index (κ1) is 40.1. The molecule has 0 unspecified atom stereocenters. The first-order valence-corrected chi connectivity index (χ1v) is 17.1. The van der Waals surface area contributed by atoms with Crippen LogP contribution >= 0.6 is 11.6 Å². The summed E-state index contributed by atoms with van der Waals surface area (Å²) in [6, 6.07) is 8.90. The van der Waals surface area contributed by atoms with E-state index in [0.29, 0.717) is 74.5 Å². The molecule has 50 heavy (non-hydrogen) atoms. The van der Waals surface area contributed by atoms with Gasteiger partial charge in [0.1, 0.15) is 17.3 Å². The fourth-order valence-corrected chi connectivity index (χ4v) is 6.10. The normalized spacial score (nSPS) is 14.9. The molecule has 2 heterocycles. The summed E-state index contributed by atoms with van der Waals surface area (Å²) < 4.78 is 24.2. The zero-order valence-corrected chi connectivity index (χ0v) is 29.3. The lowest BCUT2D eigenvalue weighted by atomic mass is 9.91. The van der Waals surface area contributed by atoms with Crippen LogP contribution in [-0.4, -0.2) is 84.5 Å². The van der Waals surface area contributed by atoms with E-state index in [1.165, 1.54) is 12.1 Å². The van der Waals surface area contributed by atoms with E-state index in [1.807, 2.05) is 0 Å². The maximum atomic E-state index is 13.7. The highest BCUT2D eigenvalue weighted by Gasteiger charge is 2.25. The largest absolute Gasteiger partial charge is 0.497 e. The number of halogens is 2. The average molecular weight is 723 g/mol. The molecule has 276 valence electrons. The lowest BCUT2D eigenvalue weighted by molar-refractivity contribution is -0.130. The number of methoxy groups -OCH3 is 2. The number of nitrogens with one attached hydrogen (secondary N) is 4. The molecule has 0 spiro atoms. The number of carbonyl (C=O) groups is 4. The molecular formula is C34H48ClFN6O8. The summed E-state index contributed by atoms with van der Waals surface area (Å²) in [6.07, 6.45) is 7.40. The second kappa shape index (κ2) is 21.0. The molecular weight excluding hydrogens is 675 g/mol. The number of rotatable bonds is 12. The van der Waals surface area contributed by atoms with Crippen LogP contribution in [0.25, 0.3) is 0 Å². The molecule has 14 nitrogen and oxygen atoms in total. The van der Waals surface area contributed by atoms with Crippen molar-refractivity contribution in [1.29, 1.82) is 0 Å². The van der Waals surface area contributed by atoms with Crippen molar-refractivity contribution in [3.63, 3.8) is 0 Å². The Hall–Kier alpha value is -4.34. The SMILES string of the molecule is COc1ccc(NC(=O)N2CCC(CCCC(=O)NO)CC2)c(OC)c1.O=C(CCCC1CCN(C(=O)Nc2ccc(Cl)cc2F)CC1)NO. The molecule has 2 aromatic carbocycles. The standard InChI is InChI=1S/C18H27N3O5.C16H21ClFN3O3/c1-25-14-6-7-15(16(12-14)26-2)19-18(23)21-10-8-13(9-11-21)4-3-5-17(22)20-24;17-12-4-5-14(13(18)10-12)19-16(23)21-8-6-11(7-9-21)2-1-3-15(22)20-24/h6-7,12-13,24H,3-5,8-11H2,1-2H3,(H,19,23)(H,20,22);4-5,10-11,24H,1-3,6-9H2,(H,19,23)(H,20,22). The number of ether oxygens (including phenoxy) is 2. The van der Waals surface area contributed by atoms with Gasteiger partial charge in [-0.15, -0.1) is 0 Å². The van der Waals surface area contributed by atoms with E-state index in [-0.39, 0.29) is 34.6 Å². The summed E-state index contributed by atoms with van der Waals surface area (Å²) in [5, 5.41) is 22.7. The zero-order chi connectivity index (χ0) is 36.5.